The van der Waals surface area contributed by atoms with E-state index in [0.717, 1.165) is 15.6 Å². The molecule has 2 amide bonds. The van der Waals surface area contributed by atoms with Crippen LogP contribution in [0.25, 0.3) is 0 Å². The molecule has 1 aromatic carbocycles. The highest BCUT2D eigenvalue weighted by Gasteiger charge is 2.40. The molecular weight excluding hydrogens is 368 g/mol. The first-order valence-electron chi connectivity index (χ1n) is 6.69. The zero-order valence-corrected chi connectivity index (χ0v) is 14.2. The van der Waals surface area contributed by atoms with E-state index in [1.807, 2.05) is 24.3 Å². The largest absolute Gasteiger partial charge is 0.452 e. The summed E-state index contributed by atoms with van der Waals surface area (Å²) in [5.74, 6) is -0.208. The molecule has 5 nitrogen and oxygen atoms in total. The summed E-state index contributed by atoms with van der Waals surface area (Å²) in [7, 11) is 1.31. The summed E-state index contributed by atoms with van der Waals surface area (Å²) in [6.45, 7) is 0.250. The van der Waals surface area contributed by atoms with E-state index in [9.17, 15) is 9.59 Å². The van der Waals surface area contributed by atoms with Gasteiger partial charge < -0.3 is 10.1 Å². The molecule has 0 aromatic heterocycles. The van der Waals surface area contributed by atoms with Gasteiger partial charge in [0.25, 0.3) is 0 Å². The first kappa shape index (κ1) is 15.2. The van der Waals surface area contributed by atoms with Crippen LogP contribution < -0.4 is 5.32 Å². The highest BCUT2D eigenvalue weighted by molar-refractivity contribution is 9.10. The Morgan fingerprint density at radius 1 is 1.41 bits per heavy atom. The van der Waals surface area contributed by atoms with Gasteiger partial charge in [0, 0.05) is 28.1 Å². The molecule has 22 heavy (non-hydrogen) atoms. The third kappa shape index (κ3) is 2.55. The first-order valence-corrected chi connectivity index (χ1v) is 7.89. The number of amides is 2. The number of nitrogens with zero attached hydrogens (tertiary/aromatic N) is 1. The summed E-state index contributed by atoms with van der Waals surface area (Å²) < 4.78 is 5.72. The molecule has 2 aliphatic heterocycles. The van der Waals surface area contributed by atoms with Crippen LogP contribution in [-0.2, 0) is 9.53 Å². The SMILES string of the molecule is COC(=O)N1CC2=C(C1=S)C(c1ccc(Br)cc1)CC(=O)N2. The molecule has 0 fully saturated rings. The van der Waals surface area contributed by atoms with E-state index < -0.39 is 6.09 Å². The van der Waals surface area contributed by atoms with Gasteiger partial charge in [0.2, 0.25) is 5.91 Å². The summed E-state index contributed by atoms with van der Waals surface area (Å²) in [5, 5.41) is 2.82. The maximum atomic E-state index is 12.0. The zero-order valence-electron chi connectivity index (χ0n) is 11.8. The molecule has 7 heteroatoms. The Balaban J connectivity index is 1.99. The number of methoxy groups -OCH3 is 1. The molecule has 1 atom stereocenters. The van der Waals surface area contributed by atoms with E-state index in [0.29, 0.717) is 17.1 Å². The van der Waals surface area contributed by atoms with Gasteiger partial charge in [-0.2, -0.15) is 0 Å². The van der Waals surface area contributed by atoms with Gasteiger partial charge in [-0.25, -0.2) is 4.79 Å². The van der Waals surface area contributed by atoms with Gasteiger partial charge in [0.05, 0.1) is 13.7 Å². The number of carbonyl (C=O) groups is 2. The molecule has 114 valence electrons. The minimum Gasteiger partial charge on any atom is -0.452 e. The molecule has 0 spiro atoms. The van der Waals surface area contributed by atoms with Crippen LogP contribution in [0.5, 0.6) is 0 Å². The lowest BCUT2D eigenvalue weighted by atomic mass is 9.85. The van der Waals surface area contributed by atoms with Crippen molar-refractivity contribution in [1.82, 2.24) is 10.2 Å². The van der Waals surface area contributed by atoms with Crippen LogP contribution in [0.3, 0.4) is 0 Å². The third-order valence-electron chi connectivity index (χ3n) is 3.81. The summed E-state index contributed by atoms with van der Waals surface area (Å²) >= 11 is 8.83. The molecule has 0 saturated carbocycles. The van der Waals surface area contributed by atoms with Crippen molar-refractivity contribution in [2.75, 3.05) is 13.7 Å². The van der Waals surface area contributed by atoms with E-state index >= 15 is 0 Å². The van der Waals surface area contributed by atoms with Gasteiger partial charge in [-0.1, -0.05) is 40.3 Å². The fourth-order valence-electron chi connectivity index (χ4n) is 2.80. The topological polar surface area (TPSA) is 58.6 Å². The van der Waals surface area contributed by atoms with Crippen LogP contribution in [0.4, 0.5) is 4.79 Å². The lowest BCUT2D eigenvalue weighted by Gasteiger charge is -2.24. The molecular formula is C15H13BrN2O3S. The monoisotopic (exact) mass is 380 g/mol. The summed E-state index contributed by atoms with van der Waals surface area (Å²) in [4.78, 5) is 25.6. The number of benzene rings is 1. The minimum atomic E-state index is -0.511. The predicted octanol–water partition coefficient (Wildman–Crippen LogP) is 2.72. The van der Waals surface area contributed by atoms with Crippen molar-refractivity contribution in [2.24, 2.45) is 0 Å². The van der Waals surface area contributed by atoms with Crippen molar-refractivity contribution in [3.63, 3.8) is 0 Å². The van der Waals surface area contributed by atoms with E-state index in [2.05, 4.69) is 21.2 Å². The number of halogens is 1. The van der Waals surface area contributed by atoms with Crippen molar-refractivity contribution in [3.05, 3.63) is 45.6 Å². The molecule has 2 aliphatic rings. The lowest BCUT2D eigenvalue weighted by Crippen LogP contribution is -2.33. The molecule has 0 saturated heterocycles. The molecule has 0 radical (unpaired) electrons. The Labute approximate surface area is 141 Å². The number of thiocarbonyl (C=S) groups is 1. The zero-order chi connectivity index (χ0) is 15.9. The Morgan fingerprint density at radius 3 is 2.73 bits per heavy atom. The number of hydrogen-bond acceptors (Lipinski definition) is 4. The Bertz CT molecular complexity index is 699. The van der Waals surface area contributed by atoms with E-state index in [1.54, 1.807) is 0 Å². The van der Waals surface area contributed by atoms with Gasteiger partial charge in [0.15, 0.2) is 0 Å². The molecule has 3 rings (SSSR count). The molecule has 0 aliphatic carbocycles. The van der Waals surface area contributed by atoms with Crippen LogP contribution in [0.2, 0.25) is 0 Å². The quantitative estimate of drug-likeness (QED) is 0.761. The van der Waals surface area contributed by atoms with Crippen LogP contribution >= 0.6 is 28.1 Å². The summed E-state index contributed by atoms with van der Waals surface area (Å²) in [5.41, 5.74) is 2.53. The van der Waals surface area contributed by atoms with Crippen LogP contribution in [0.15, 0.2) is 40.0 Å². The third-order valence-corrected chi connectivity index (χ3v) is 4.78. The predicted molar refractivity (Wildman–Crippen MR) is 88.4 cm³/mol. The van der Waals surface area contributed by atoms with Crippen molar-refractivity contribution in [2.45, 2.75) is 12.3 Å². The summed E-state index contributed by atoms with van der Waals surface area (Å²) in [6, 6.07) is 7.78. The average molecular weight is 381 g/mol. The normalized spacial score (nSPS) is 20.8. The van der Waals surface area contributed by atoms with Crippen LogP contribution in [-0.4, -0.2) is 35.5 Å². The van der Waals surface area contributed by atoms with Gasteiger partial charge in [-0.05, 0) is 17.7 Å². The van der Waals surface area contributed by atoms with E-state index in [1.165, 1.54) is 12.0 Å². The minimum absolute atomic E-state index is 0.0683. The lowest BCUT2D eigenvalue weighted by molar-refractivity contribution is -0.121. The standard InChI is InChI=1S/C15H13BrN2O3S/c1-21-15(20)18-7-11-13(14(18)22)10(6-12(19)17-11)8-2-4-9(16)5-3-8/h2-5,10H,6-7H2,1H3,(H,17,19). The van der Waals surface area contributed by atoms with Crippen molar-refractivity contribution < 1.29 is 14.3 Å². The van der Waals surface area contributed by atoms with Crippen molar-refractivity contribution in [1.29, 1.82) is 0 Å². The van der Waals surface area contributed by atoms with Gasteiger partial charge >= 0.3 is 6.09 Å². The first-order chi connectivity index (χ1) is 10.5. The fourth-order valence-corrected chi connectivity index (χ4v) is 3.47. The van der Waals surface area contributed by atoms with E-state index in [4.69, 9.17) is 17.0 Å². The smallest absolute Gasteiger partial charge is 0.415 e. The van der Waals surface area contributed by atoms with Gasteiger partial charge in [-0.3, -0.25) is 9.69 Å². The van der Waals surface area contributed by atoms with E-state index in [-0.39, 0.29) is 18.4 Å². The van der Waals surface area contributed by atoms with Gasteiger partial charge in [0.1, 0.15) is 4.99 Å². The number of carbonyl (C=O) groups excluding carboxylic acids is 2. The average Bonchev–Trinajstić information content (AvgIpc) is 2.83. The number of rotatable bonds is 1. The second-order valence-electron chi connectivity index (χ2n) is 5.11. The molecule has 2 heterocycles. The number of ether oxygens (including phenoxy) is 1. The Kier molecular flexibility index (Phi) is 4.01. The maximum Gasteiger partial charge on any atom is 0.415 e. The molecule has 0 bridgehead atoms. The maximum absolute atomic E-state index is 12.0. The highest BCUT2D eigenvalue weighted by Crippen LogP contribution is 2.38. The van der Waals surface area contributed by atoms with Crippen molar-refractivity contribution in [3.8, 4) is 0 Å². The molecule has 1 aromatic rings. The molecule has 1 N–H and O–H groups in total. The fraction of sp³-hybridized carbons (Fsp3) is 0.267. The number of nitrogens with one attached hydrogen (secondary N) is 1. The van der Waals surface area contributed by atoms with Crippen LogP contribution in [0.1, 0.15) is 17.9 Å². The number of hydrogen-bond donors (Lipinski definition) is 1. The second kappa shape index (κ2) is 5.81. The highest BCUT2D eigenvalue weighted by atomic mass is 79.9. The summed E-state index contributed by atoms with van der Waals surface area (Å²) in [6.07, 6.45) is -0.196. The van der Waals surface area contributed by atoms with Crippen LogP contribution in [0, 0.1) is 0 Å². The van der Waals surface area contributed by atoms with Gasteiger partial charge in [-0.15, -0.1) is 0 Å². The second-order valence-corrected chi connectivity index (χ2v) is 6.41. The Hall–Kier alpha value is -1.73. The Morgan fingerprint density at radius 2 is 2.09 bits per heavy atom. The molecule has 1 unspecified atom stereocenters. The van der Waals surface area contributed by atoms with Crippen molar-refractivity contribution >= 4 is 45.1 Å².